The van der Waals surface area contributed by atoms with Crippen LogP contribution in [0.5, 0.6) is 0 Å². The van der Waals surface area contributed by atoms with Gasteiger partial charge in [0, 0.05) is 39.3 Å². The van der Waals surface area contributed by atoms with Crippen LogP contribution in [0.3, 0.4) is 0 Å². The molecule has 0 saturated carbocycles. The van der Waals surface area contributed by atoms with Crippen molar-refractivity contribution < 1.29 is 0 Å². The number of para-hydroxylation sites is 2. The van der Waals surface area contributed by atoms with Crippen molar-refractivity contribution in [3.63, 3.8) is 0 Å². The fraction of sp³-hybridized carbons (Fsp3) is 0.143. The largest absolute Gasteiger partial charge is 0.341 e. The summed E-state index contributed by atoms with van der Waals surface area (Å²) in [4.78, 5) is 0. The van der Waals surface area contributed by atoms with E-state index in [0.29, 0.717) is 0 Å². The van der Waals surface area contributed by atoms with Gasteiger partial charge in [0.1, 0.15) is 0 Å². The number of fused-ring (bicyclic) bond motifs is 6. The number of nitrogens with zero attached hydrogens (tertiary/aromatic N) is 2. The molecule has 0 fully saturated rings. The van der Waals surface area contributed by atoms with Gasteiger partial charge in [-0.25, -0.2) is 0 Å². The highest BCUT2D eigenvalue weighted by Crippen LogP contribution is 2.38. The van der Waals surface area contributed by atoms with Crippen LogP contribution in [0.15, 0.2) is 78.9 Å². The molecule has 0 atom stereocenters. The Labute approximate surface area is 176 Å². The van der Waals surface area contributed by atoms with E-state index in [4.69, 9.17) is 0 Å². The molecule has 2 heterocycles. The highest BCUT2D eigenvalue weighted by Gasteiger charge is 2.17. The molecular formula is C28H24N2. The van der Waals surface area contributed by atoms with Gasteiger partial charge >= 0.3 is 0 Å². The van der Waals surface area contributed by atoms with Gasteiger partial charge < -0.3 is 9.13 Å². The number of hydrogen-bond donors (Lipinski definition) is 0. The Kier molecular flexibility index (Phi) is 3.61. The molecule has 146 valence electrons. The molecule has 0 bridgehead atoms. The maximum absolute atomic E-state index is 2.44. The summed E-state index contributed by atoms with van der Waals surface area (Å²) in [5, 5.41) is 5.29. The Bertz CT molecular complexity index is 1570. The van der Waals surface area contributed by atoms with Crippen LogP contribution in [0.4, 0.5) is 0 Å². The predicted octanol–water partition coefficient (Wildman–Crippen LogP) is 7.53. The first-order valence-corrected chi connectivity index (χ1v) is 10.7. The van der Waals surface area contributed by atoms with Crippen LogP contribution < -0.4 is 0 Å². The second-order valence-corrected chi connectivity index (χ2v) is 8.35. The topological polar surface area (TPSA) is 9.86 Å². The maximum Gasteiger partial charge on any atom is 0.0562 e. The average molecular weight is 389 g/mol. The lowest BCUT2D eigenvalue weighted by Crippen LogP contribution is -1.96. The molecule has 0 N–H and O–H groups in total. The lowest BCUT2D eigenvalue weighted by Gasteiger charge is -2.11. The van der Waals surface area contributed by atoms with Gasteiger partial charge in [-0.1, -0.05) is 42.5 Å². The molecule has 30 heavy (non-hydrogen) atoms. The molecule has 0 aliphatic rings. The minimum atomic E-state index is 0.958. The van der Waals surface area contributed by atoms with Crippen molar-refractivity contribution in [3.05, 3.63) is 90.0 Å². The third-order valence-electron chi connectivity index (χ3n) is 6.35. The predicted molar refractivity (Wildman–Crippen MR) is 129 cm³/mol. The lowest BCUT2D eigenvalue weighted by molar-refractivity contribution is 0.827. The van der Waals surface area contributed by atoms with E-state index in [9.17, 15) is 0 Å². The van der Waals surface area contributed by atoms with Crippen molar-refractivity contribution >= 4 is 43.6 Å². The van der Waals surface area contributed by atoms with Crippen LogP contribution >= 0.6 is 0 Å². The number of hydrogen-bond acceptors (Lipinski definition) is 0. The zero-order chi connectivity index (χ0) is 20.4. The van der Waals surface area contributed by atoms with E-state index in [1.54, 1.807) is 0 Å². The van der Waals surface area contributed by atoms with Crippen LogP contribution in [-0.4, -0.2) is 9.13 Å². The highest BCUT2D eigenvalue weighted by molar-refractivity contribution is 6.18. The van der Waals surface area contributed by atoms with Crippen LogP contribution in [0, 0.1) is 13.8 Å². The monoisotopic (exact) mass is 388 g/mol. The standard InChI is InChI=1S/C28H24N2/c1-4-29-25-11-7-5-9-21(25)23-16-24-22-10-6-8-12-26(22)30(28(24)17-27(23)29)20-14-18(2)13-19(3)15-20/h5-17H,4H2,1-3H3. The summed E-state index contributed by atoms with van der Waals surface area (Å²) < 4.78 is 4.87. The highest BCUT2D eigenvalue weighted by atomic mass is 15.0. The molecule has 4 aromatic carbocycles. The minimum Gasteiger partial charge on any atom is -0.341 e. The second-order valence-electron chi connectivity index (χ2n) is 8.35. The Balaban J connectivity index is 1.84. The summed E-state index contributed by atoms with van der Waals surface area (Å²) in [6.07, 6.45) is 0. The molecule has 2 nitrogen and oxygen atoms in total. The number of benzene rings is 4. The van der Waals surface area contributed by atoms with E-state index in [-0.39, 0.29) is 0 Å². The molecule has 2 heteroatoms. The molecule has 0 radical (unpaired) electrons. The first kappa shape index (κ1) is 17.3. The first-order chi connectivity index (χ1) is 14.7. The van der Waals surface area contributed by atoms with Crippen LogP contribution in [0.1, 0.15) is 18.1 Å². The van der Waals surface area contributed by atoms with Crippen molar-refractivity contribution in [1.29, 1.82) is 0 Å². The number of rotatable bonds is 2. The van der Waals surface area contributed by atoms with Gasteiger partial charge in [0.15, 0.2) is 0 Å². The Morgan fingerprint density at radius 2 is 1.17 bits per heavy atom. The summed E-state index contributed by atoms with van der Waals surface area (Å²) in [6, 6.07) is 29.2. The molecule has 0 saturated heterocycles. The molecule has 0 amide bonds. The average Bonchev–Trinajstić information content (AvgIpc) is 3.23. The molecule has 6 aromatic rings. The zero-order valence-electron chi connectivity index (χ0n) is 17.6. The van der Waals surface area contributed by atoms with Crippen LogP contribution in [-0.2, 0) is 6.54 Å². The zero-order valence-corrected chi connectivity index (χ0v) is 17.6. The van der Waals surface area contributed by atoms with Gasteiger partial charge in [-0.05, 0) is 68.3 Å². The third-order valence-corrected chi connectivity index (χ3v) is 6.35. The van der Waals surface area contributed by atoms with Crippen LogP contribution in [0.2, 0.25) is 0 Å². The minimum absolute atomic E-state index is 0.958. The van der Waals surface area contributed by atoms with Crippen molar-refractivity contribution in [3.8, 4) is 5.69 Å². The Morgan fingerprint density at radius 1 is 0.567 bits per heavy atom. The molecule has 0 aliphatic carbocycles. The van der Waals surface area contributed by atoms with E-state index in [2.05, 4.69) is 109 Å². The molecule has 0 aliphatic heterocycles. The van der Waals surface area contributed by atoms with Gasteiger partial charge in [-0.2, -0.15) is 0 Å². The molecular weight excluding hydrogens is 364 g/mol. The summed E-state index contributed by atoms with van der Waals surface area (Å²) in [7, 11) is 0. The number of aromatic nitrogens is 2. The Morgan fingerprint density at radius 3 is 1.87 bits per heavy atom. The van der Waals surface area contributed by atoms with Crippen molar-refractivity contribution in [2.75, 3.05) is 0 Å². The number of aryl methyl sites for hydroxylation is 3. The van der Waals surface area contributed by atoms with Crippen molar-refractivity contribution in [2.45, 2.75) is 27.3 Å². The smallest absolute Gasteiger partial charge is 0.0562 e. The second kappa shape index (κ2) is 6.24. The van der Waals surface area contributed by atoms with Crippen molar-refractivity contribution in [1.82, 2.24) is 9.13 Å². The van der Waals surface area contributed by atoms with E-state index in [1.807, 2.05) is 0 Å². The fourth-order valence-corrected chi connectivity index (χ4v) is 5.21. The molecule has 0 spiro atoms. The van der Waals surface area contributed by atoms with Gasteiger partial charge in [0.25, 0.3) is 0 Å². The lowest BCUT2D eigenvalue weighted by atomic mass is 10.1. The quantitative estimate of drug-likeness (QED) is 0.290. The van der Waals surface area contributed by atoms with E-state index < -0.39 is 0 Å². The summed E-state index contributed by atoms with van der Waals surface area (Å²) in [5.74, 6) is 0. The SMILES string of the molecule is CCn1c2ccccc2c2cc3c4ccccc4n(-c4cc(C)cc(C)c4)c3cc21. The molecule has 2 aromatic heterocycles. The molecule has 6 rings (SSSR count). The normalized spacial score (nSPS) is 12.0. The Hall–Kier alpha value is -3.52. The summed E-state index contributed by atoms with van der Waals surface area (Å²) in [6.45, 7) is 7.55. The third kappa shape index (κ3) is 2.31. The van der Waals surface area contributed by atoms with Gasteiger partial charge in [0.2, 0.25) is 0 Å². The molecule has 0 unspecified atom stereocenters. The van der Waals surface area contributed by atoms with E-state index in [0.717, 1.165) is 6.54 Å². The van der Waals surface area contributed by atoms with E-state index >= 15 is 0 Å². The van der Waals surface area contributed by atoms with Crippen LogP contribution in [0.25, 0.3) is 49.3 Å². The fourth-order valence-electron chi connectivity index (χ4n) is 5.21. The summed E-state index contributed by atoms with van der Waals surface area (Å²) in [5.41, 5.74) is 8.96. The summed E-state index contributed by atoms with van der Waals surface area (Å²) >= 11 is 0. The first-order valence-electron chi connectivity index (χ1n) is 10.7. The van der Waals surface area contributed by atoms with E-state index in [1.165, 1.54) is 60.4 Å². The van der Waals surface area contributed by atoms with Gasteiger partial charge in [-0.15, -0.1) is 0 Å². The van der Waals surface area contributed by atoms with Gasteiger partial charge in [-0.3, -0.25) is 0 Å². The maximum atomic E-state index is 2.44. The van der Waals surface area contributed by atoms with Crippen molar-refractivity contribution in [2.24, 2.45) is 0 Å². The van der Waals surface area contributed by atoms with Gasteiger partial charge in [0.05, 0.1) is 16.6 Å².